The number of aryl methyl sites for hydroxylation is 2. The van der Waals surface area contributed by atoms with E-state index in [1.807, 2.05) is 19.9 Å². The van der Waals surface area contributed by atoms with E-state index in [-0.39, 0.29) is 0 Å². The highest BCUT2D eigenvalue weighted by molar-refractivity contribution is 9.10. The van der Waals surface area contributed by atoms with E-state index in [2.05, 4.69) is 25.9 Å². The molecule has 0 radical (unpaired) electrons. The molecule has 0 aliphatic rings. The van der Waals surface area contributed by atoms with E-state index >= 15 is 0 Å². The van der Waals surface area contributed by atoms with Gasteiger partial charge in [-0.3, -0.25) is 4.98 Å². The lowest BCUT2D eigenvalue weighted by Crippen LogP contribution is -1.81. The summed E-state index contributed by atoms with van der Waals surface area (Å²) >= 11 is 9.52. The van der Waals surface area contributed by atoms with E-state index in [1.54, 1.807) is 0 Å². The minimum Gasteiger partial charge on any atom is -0.355 e. The molecule has 0 unspecified atom stereocenters. The van der Waals surface area contributed by atoms with Crippen LogP contribution in [0.15, 0.2) is 10.5 Å². The summed E-state index contributed by atoms with van der Waals surface area (Å²) in [5.74, 6) is 0. The van der Waals surface area contributed by atoms with Gasteiger partial charge in [-0.25, -0.2) is 0 Å². The molecular weight excluding hydrogens is 251 g/mol. The molecule has 0 amide bonds. The van der Waals surface area contributed by atoms with Crippen molar-refractivity contribution in [3.8, 4) is 0 Å². The molecule has 0 fully saturated rings. The van der Waals surface area contributed by atoms with Crippen LogP contribution in [0.4, 0.5) is 0 Å². The molecule has 2 aromatic heterocycles. The molecule has 0 atom stereocenters. The van der Waals surface area contributed by atoms with Crippen LogP contribution in [-0.4, -0.2) is 9.97 Å². The quantitative estimate of drug-likeness (QED) is 0.769. The molecule has 68 valence electrons. The SMILES string of the molecule is Cc1cc(Cl)c2[nH]c(C)c(Br)c2n1. The van der Waals surface area contributed by atoms with Crippen molar-refractivity contribution in [3.05, 3.63) is 26.9 Å². The standard InChI is InChI=1S/C9H8BrClN2/c1-4-3-6(11)8-9(12-4)7(10)5(2)13-8/h3,13H,1-2H3. The molecule has 2 nitrogen and oxygen atoms in total. The van der Waals surface area contributed by atoms with Crippen LogP contribution < -0.4 is 0 Å². The van der Waals surface area contributed by atoms with Crippen molar-refractivity contribution in [2.75, 3.05) is 0 Å². The van der Waals surface area contributed by atoms with Crippen LogP contribution in [0.25, 0.3) is 11.0 Å². The Morgan fingerprint density at radius 3 is 2.85 bits per heavy atom. The van der Waals surface area contributed by atoms with E-state index in [0.29, 0.717) is 0 Å². The molecule has 2 heterocycles. The lowest BCUT2D eigenvalue weighted by atomic mass is 10.3. The lowest BCUT2D eigenvalue weighted by Gasteiger charge is -1.95. The molecule has 0 aliphatic heterocycles. The van der Waals surface area contributed by atoms with Gasteiger partial charge in [0.25, 0.3) is 0 Å². The van der Waals surface area contributed by atoms with Crippen molar-refractivity contribution in [1.29, 1.82) is 0 Å². The number of halogens is 2. The minimum absolute atomic E-state index is 0.719. The molecule has 0 bridgehead atoms. The van der Waals surface area contributed by atoms with Crippen LogP contribution in [0.2, 0.25) is 5.02 Å². The maximum Gasteiger partial charge on any atom is 0.104 e. The van der Waals surface area contributed by atoms with E-state index in [0.717, 1.165) is 31.9 Å². The highest BCUT2D eigenvalue weighted by Gasteiger charge is 2.10. The normalized spacial score (nSPS) is 11.1. The van der Waals surface area contributed by atoms with Gasteiger partial charge in [0.05, 0.1) is 15.0 Å². The fourth-order valence-corrected chi connectivity index (χ4v) is 2.01. The molecule has 0 saturated carbocycles. The number of fused-ring (bicyclic) bond motifs is 1. The van der Waals surface area contributed by atoms with Crippen molar-refractivity contribution in [3.63, 3.8) is 0 Å². The summed E-state index contributed by atoms with van der Waals surface area (Å²) in [6.45, 7) is 3.91. The molecule has 0 aromatic carbocycles. The number of hydrogen-bond donors (Lipinski definition) is 1. The molecular formula is C9H8BrClN2. The Bertz CT molecular complexity index is 476. The third-order valence-electron chi connectivity index (χ3n) is 1.95. The average molecular weight is 260 g/mol. The van der Waals surface area contributed by atoms with Gasteiger partial charge in [-0.2, -0.15) is 0 Å². The topological polar surface area (TPSA) is 28.7 Å². The summed E-state index contributed by atoms with van der Waals surface area (Å²) < 4.78 is 0.994. The van der Waals surface area contributed by atoms with Gasteiger partial charge in [0.1, 0.15) is 5.52 Å². The fourth-order valence-electron chi connectivity index (χ4n) is 1.33. The second kappa shape index (κ2) is 3.00. The lowest BCUT2D eigenvalue weighted by molar-refractivity contribution is 1.25. The van der Waals surface area contributed by atoms with Crippen LogP contribution in [0.5, 0.6) is 0 Å². The van der Waals surface area contributed by atoms with Crippen molar-refractivity contribution in [2.24, 2.45) is 0 Å². The zero-order valence-electron chi connectivity index (χ0n) is 7.28. The highest BCUT2D eigenvalue weighted by atomic mass is 79.9. The second-order valence-electron chi connectivity index (χ2n) is 3.03. The maximum absolute atomic E-state index is 6.06. The first-order chi connectivity index (χ1) is 6.09. The Morgan fingerprint density at radius 2 is 2.15 bits per heavy atom. The van der Waals surface area contributed by atoms with Crippen molar-refractivity contribution in [1.82, 2.24) is 9.97 Å². The summed E-state index contributed by atoms with van der Waals surface area (Å²) in [6, 6.07) is 1.85. The minimum atomic E-state index is 0.719. The van der Waals surface area contributed by atoms with Gasteiger partial charge in [-0.15, -0.1) is 0 Å². The van der Waals surface area contributed by atoms with Crippen LogP contribution in [0.3, 0.4) is 0 Å². The average Bonchev–Trinajstić information content (AvgIpc) is 2.32. The van der Waals surface area contributed by atoms with Gasteiger partial charge in [-0.05, 0) is 35.8 Å². The van der Waals surface area contributed by atoms with E-state index in [4.69, 9.17) is 11.6 Å². The van der Waals surface area contributed by atoms with Gasteiger partial charge in [0.2, 0.25) is 0 Å². The van der Waals surface area contributed by atoms with Gasteiger partial charge >= 0.3 is 0 Å². The summed E-state index contributed by atoms with van der Waals surface area (Å²) in [7, 11) is 0. The second-order valence-corrected chi connectivity index (χ2v) is 4.23. The molecule has 2 rings (SSSR count). The first-order valence-corrected chi connectivity index (χ1v) is 5.07. The number of hydrogen-bond acceptors (Lipinski definition) is 1. The fraction of sp³-hybridized carbons (Fsp3) is 0.222. The van der Waals surface area contributed by atoms with Crippen molar-refractivity contribution < 1.29 is 0 Å². The summed E-state index contributed by atoms with van der Waals surface area (Å²) in [6.07, 6.45) is 0. The molecule has 2 aromatic rings. The third kappa shape index (κ3) is 1.36. The van der Waals surface area contributed by atoms with E-state index in [1.165, 1.54) is 0 Å². The number of rotatable bonds is 0. The predicted octanol–water partition coefficient (Wildman–Crippen LogP) is 3.60. The molecule has 0 saturated heterocycles. The number of aromatic nitrogens is 2. The van der Waals surface area contributed by atoms with Crippen LogP contribution in [0, 0.1) is 13.8 Å². The third-order valence-corrected chi connectivity index (χ3v) is 3.22. The number of pyridine rings is 1. The number of aromatic amines is 1. The molecule has 0 aliphatic carbocycles. The van der Waals surface area contributed by atoms with Gasteiger partial charge in [-0.1, -0.05) is 11.6 Å². The first kappa shape index (κ1) is 9.03. The Morgan fingerprint density at radius 1 is 1.46 bits per heavy atom. The van der Waals surface area contributed by atoms with Gasteiger partial charge in [0.15, 0.2) is 0 Å². The summed E-state index contributed by atoms with van der Waals surface area (Å²) in [5.41, 5.74) is 3.78. The summed E-state index contributed by atoms with van der Waals surface area (Å²) in [5, 5.41) is 0.719. The van der Waals surface area contributed by atoms with Crippen LogP contribution in [-0.2, 0) is 0 Å². The first-order valence-electron chi connectivity index (χ1n) is 3.90. The maximum atomic E-state index is 6.06. The van der Waals surface area contributed by atoms with E-state index in [9.17, 15) is 0 Å². The monoisotopic (exact) mass is 258 g/mol. The zero-order chi connectivity index (χ0) is 9.59. The Balaban J connectivity index is 2.94. The van der Waals surface area contributed by atoms with Crippen LogP contribution >= 0.6 is 27.5 Å². The van der Waals surface area contributed by atoms with Crippen LogP contribution in [0.1, 0.15) is 11.4 Å². The molecule has 4 heteroatoms. The smallest absolute Gasteiger partial charge is 0.104 e. The zero-order valence-corrected chi connectivity index (χ0v) is 9.62. The summed E-state index contributed by atoms with van der Waals surface area (Å²) in [4.78, 5) is 7.58. The predicted molar refractivity (Wildman–Crippen MR) is 58.3 cm³/mol. The highest BCUT2D eigenvalue weighted by Crippen LogP contribution is 2.30. The Kier molecular flexibility index (Phi) is 2.08. The van der Waals surface area contributed by atoms with Gasteiger partial charge < -0.3 is 4.98 Å². The molecule has 0 spiro atoms. The number of H-pyrrole nitrogens is 1. The van der Waals surface area contributed by atoms with Crippen molar-refractivity contribution in [2.45, 2.75) is 13.8 Å². The Labute approximate surface area is 89.4 Å². The largest absolute Gasteiger partial charge is 0.355 e. The molecule has 1 N–H and O–H groups in total. The Hall–Kier alpha value is -0.540. The van der Waals surface area contributed by atoms with Gasteiger partial charge in [0, 0.05) is 11.4 Å². The number of nitrogens with zero attached hydrogens (tertiary/aromatic N) is 1. The van der Waals surface area contributed by atoms with E-state index < -0.39 is 0 Å². The van der Waals surface area contributed by atoms with Crippen molar-refractivity contribution >= 4 is 38.6 Å². The number of nitrogens with one attached hydrogen (secondary N) is 1. The molecule has 13 heavy (non-hydrogen) atoms.